The molecule has 1 aromatic heterocycles. The highest BCUT2D eigenvalue weighted by Gasteiger charge is 2.16. The molecule has 1 heterocycles. The zero-order valence-electron chi connectivity index (χ0n) is 17.0. The summed E-state index contributed by atoms with van der Waals surface area (Å²) < 4.78 is 10.7. The van der Waals surface area contributed by atoms with Gasteiger partial charge in [-0.3, -0.25) is 4.79 Å². The first-order valence-electron chi connectivity index (χ1n) is 9.28. The number of carbonyl (C=O) groups is 1. The van der Waals surface area contributed by atoms with E-state index in [9.17, 15) is 4.79 Å². The summed E-state index contributed by atoms with van der Waals surface area (Å²) in [5.74, 6) is 1.55. The molecule has 0 saturated heterocycles. The van der Waals surface area contributed by atoms with Gasteiger partial charge in [-0.1, -0.05) is 41.7 Å². The molecule has 3 rings (SSSR count). The van der Waals surface area contributed by atoms with E-state index in [2.05, 4.69) is 15.3 Å². The van der Waals surface area contributed by atoms with Crippen LogP contribution in [0.1, 0.15) is 18.5 Å². The van der Waals surface area contributed by atoms with Crippen molar-refractivity contribution in [3.63, 3.8) is 0 Å². The first-order valence-corrected chi connectivity index (χ1v) is 11.1. The predicted molar refractivity (Wildman–Crippen MR) is 119 cm³/mol. The molecule has 0 aliphatic carbocycles. The van der Waals surface area contributed by atoms with Gasteiger partial charge < -0.3 is 14.8 Å². The zero-order valence-corrected chi connectivity index (χ0v) is 18.6. The van der Waals surface area contributed by atoms with Crippen LogP contribution in [0.5, 0.6) is 11.5 Å². The lowest BCUT2D eigenvalue weighted by atomic mass is 10.1. The fraction of sp³-hybridized carbons (Fsp3) is 0.227. The molecule has 0 bridgehead atoms. The Labute approximate surface area is 184 Å². The Kier molecular flexibility index (Phi) is 7.98. The Morgan fingerprint density at radius 1 is 1.03 bits per heavy atom. The normalized spacial score (nSPS) is 11.6. The molecule has 0 radical (unpaired) electrons. The third-order valence-corrected chi connectivity index (χ3v) is 6.32. The average molecular weight is 442 g/mol. The molecule has 156 valence electrons. The number of nitrogens with one attached hydrogen (secondary N) is 1. The van der Waals surface area contributed by atoms with Crippen LogP contribution < -0.4 is 14.8 Å². The van der Waals surface area contributed by atoms with Crippen LogP contribution in [0.25, 0.3) is 0 Å². The number of aromatic nitrogens is 2. The molecule has 0 spiro atoms. The molecule has 0 aliphatic heterocycles. The van der Waals surface area contributed by atoms with Gasteiger partial charge in [0.05, 0.1) is 26.0 Å². The summed E-state index contributed by atoms with van der Waals surface area (Å²) in [7, 11) is 3.22. The van der Waals surface area contributed by atoms with Gasteiger partial charge in [-0.15, -0.1) is 0 Å². The average Bonchev–Trinajstić information content (AvgIpc) is 2.78. The maximum Gasteiger partial charge on any atom is 0.230 e. The summed E-state index contributed by atoms with van der Waals surface area (Å²) in [6, 6.07) is 15.3. The van der Waals surface area contributed by atoms with Gasteiger partial charge in [0, 0.05) is 22.9 Å². The van der Waals surface area contributed by atoms with Gasteiger partial charge in [0.25, 0.3) is 0 Å². The second kappa shape index (κ2) is 10.9. The zero-order chi connectivity index (χ0) is 21.3. The smallest absolute Gasteiger partial charge is 0.230 e. The van der Waals surface area contributed by atoms with Crippen molar-refractivity contribution in [1.82, 2.24) is 15.3 Å². The van der Waals surface area contributed by atoms with Gasteiger partial charge in [0.15, 0.2) is 0 Å². The number of thioether (sulfide) groups is 1. The molecular weight excluding hydrogens is 418 g/mol. The number of amides is 1. The van der Waals surface area contributed by atoms with E-state index in [1.165, 1.54) is 23.5 Å². The summed E-state index contributed by atoms with van der Waals surface area (Å²) in [4.78, 5) is 22.5. The Balaban J connectivity index is 1.63. The first-order chi connectivity index (χ1) is 14.6. The third-order valence-electron chi connectivity index (χ3n) is 4.21. The van der Waals surface area contributed by atoms with Gasteiger partial charge in [-0.2, -0.15) is 0 Å². The quantitative estimate of drug-likeness (QED) is 0.486. The van der Waals surface area contributed by atoms with E-state index < -0.39 is 0 Å². The van der Waals surface area contributed by atoms with E-state index in [4.69, 9.17) is 9.47 Å². The number of carbonyl (C=O) groups excluding carboxylic acids is 1. The minimum absolute atomic E-state index is 0.0984. The molecule has 1 amide bonds. The topological polar surface area (TPSA) is 73.3 Å². The molecule has 1 N–H and O–H groups in total. The van der Waals surface area contributed by atoms with Gasteiger partial charge in [0.2, 0.25) is 5.91 Å². The van der Waals surface area contributed by atoms with E-state index in [0.29, 0.717) is 11.5 Å². The number of ether oxygens (including phenoxy) is 2. The van der Waals surface area contributed by atoms with Crippen LogP contribution in [0.4, 0.5) is 0 Å². The van der Waals surface area contributed by atoms with Crippen molar-refractivity contribution in [3.05, 3.63) is 66.5 Å². The third kappa shape index (κ3) is 5.90. The molecule has 30 heavy (non-hydrogen) atoms. The van der Waals surface area contributed by atoms with Crippen molar-refractivity contribution in [2.24, 2.45) is 0 Å². The van der Waals surface area contributed by atoms with Crippen LogP contribution in [-0.2, 0) is 4.79 Å². The highest BCUT2D eigenvalue weighted by Crippen LogP contribution is 2.33. The standard InChI is InChI=1S/C22H23N3O3S2/c1-15(18-13-16(27-2)9-10-19(18)28-3)25-20(26)14-29-21-22(24-12-11-23-21)30-17-7-5-4-6-8-17/h4-13,15H,14H2,1-3H3,(H,25,26). The van der Waals surface area contributed by atoms with Gasteiger partial charge in [-0.05, 0) is 37.3 Å². The Hall–Kier alpha value is -2.71. The minimum atomic E-state index is -0.233. The Bertz CT molecular complexity index is 986. The van der Waals surface area contributed by atoms with Crippen LogP contribution >= 0.6 is 23.5 Å². The number of rotatable bonds is 9. The van der Waals surface area contributed by atoms with Crippen LogP contribution in [0, 0.1) is 0 Å². The van der Waals surface area contributed by atoms with E-state index in [1.807, 2.05) is 55.5 Å². The number of nitrogens with zero attached hydrogens (tertiary/aromatic N) is 2. The fourth-order valence-corrected chi connectivity index (χ4v) is 4.49. The molecule has 0 aliphatic rings. The van der Waals surface area contributed by atoms with Crippen LogP contribution in [0.3, 0.4) is 0 Å². The summed E-state index contributed by atoms with van der Waals surface area (Å²) in [6.45, 7) is 1.92. The van der Waals surface area contributed by atoms with E-state index in [1.54, 1.807) is 26.6 Å². The van der Waals surface area contributed by atoms with Crippen molar-refractivity contribution in [2.75, 3.05) is 20.0 Å². The molecule has 0 saturated carbocycles. The molecular formula is C22H23N3O3S2. The number of hydrogen-bond acceptors (Lipinski definition) is 7. The van der Waals surface area contributed by atoms with E-state index >= 15 is 0 Å². The largest absolute Gasteiger partial charge is 0.497 e. The van der Waals surface area contributed by atoms with Crippen LogP contribution in [0.15, 0.2) is 75.9 Å². The SMILES string of the molecule is COc1ccc(OC)c(C(C)NC(=O)CSc2nccnc2Sc2ccccc2)c1. The van der Waals surface area contributed by atoms with Crippen LogP contribution in [0.2, 0.25) is 0 Å². The molecule has 1 unspecified atom stereocenters. The second-order valence-electron chi connectivity index (χ2n) is 6.27. The van der Waals surface area contributed by atoms with E-state index in [-0.39, 0.29) is 17.7 Å². The fourth-order valence-electron chi connectivity index (χ4n) is 2.75. The summed E-state index contributed by atoms with van der Waals surface area (Å²) >= 11 is 2.90. The van der Waals surface area contributed by atoms with Gasteiger partial charge in [0.1, 0.15) is 21.6 Å². The van der Waals surface area contributed by atoms with Crippen molar-refractivity contribution in [3.8, 4) is 11.5 Å². The Morgan fingerprint density at radius 3 is 2.47 bits per heavy atom. The maximum atomic E-state index is 12.6. The highest BCUT2D eigenvalue weighted by molar-refractivity contribution is 8.02. The van der Waals surface area contributed by atoms with E-state index in [0.717, 1.165) is 20.5 Å². The monoisotopic (exact) mass is 441 g/mol. The van der Waals surface area contributed by atoms with Crippen molar-refractivity contribution in [2.45, 2.75) is 27.9 Å². The lowest BCUT2D eigenvalue weighted by molar-refractivity contribution is -0.119. The highest BCUT2D eigenvalue weighted by atomic mass is 32.2. The number of benzene rings is 2. The lowest BCUT2D eigenvalue weighted by Crippen LogP contribution is -2.28. The summed E-state index contributed by atoms with van der Waals surface area (Å²) in [6.07, 6.45) is 3.30. The number of hydrogen-bond donors (Lipinski definition) is 1. The second-order valence-corrected chi connectivity index (χ2v) is 8.29. The molecule has 3 aromatic rings. The predicted octanol–water partition coefficient (Wildman–Crippen LogP) is 4.61. The first kappa shape index (κ1) is 22.0. The lowest BCUT2D eigenvalue weighted by Gasteiger charge is -2.18. The van der Waals surface area contributed by atoms with Crippen molar-refractivity contribution >= 4 is 29.4 Å². The van der Waals surface area contributed by atoms with Crippen LogP contribution in [-0.4, -0.2) is 35.8 Å². The molecule has 0 fully saturated rings. The summed E-state index contributed by atoms with van der Waals surface area (Å²) in [5, 5.41) is 4.52. The molecule has 2 aromatic carbocycles. The molecule has 1 atom stereocenters. The molecule has 6 nitrogen and oxygen atoms in total. The number of methoxy groups -OCH3 is 2. The Morgan fingerprint density at radius 2 is 1.77 bits per heavy atom. The van der Waals surface area contributed by atoms with Gasteiger partial charge in [-0.25, -0.2) is 9.97 Å². The minimum Gasteiger partial charge on any atom is -0.497 e. The molecule has 8 heteroatoms. The van der Waals surface area contributed by atoms with Crippen molar-refractivity contribution in [1.29, 1.82) is 0 Å². The van der Waals surface area contributed by atoms with Gasteiger partial charge >= 0.3 is 0 Å². The maximum absolute atomic E-state index is 12.6. The summed E-state index contributed by atoms with van der Waals surface area (Å²) in [5.41, 5.74) is 0.857. The van der Waals surface area contributed by atoms with Crippen molar-refractivity contribution < 1.29 is 14.3 Å².